The fraction of sp³-hybridized carbons (Fsp3) is 0.0833. The van der Waals surface area contributed by atoms with Crippen molar-refractivity contribution in [2.75, 3.05) is 5.32 Å². The first-order valence-electron chi connectivity index (χ1n) is 5.39. The number of carboxylic acid groups (broad SMARTS) is 1. The number of hydrogen-bond acceptors (Lipinski definition) is 5. The molecule has 1 amide bonds. The predicted molar refractivity (Wildman–Crippen MR) is 77.6 cm³/mol. The molecule has 0 radical (unpaired) electrons. The minimum absolute atomic E-state index is 0.0433. The Bertz CT molecular complexity index is 699. The van der Waals surface area contributed by atoms with Crippen LogP contribution >= 0.6 is 27.5 Å². The molecule has 0 bridgehead atoms. The number of anilines is 1. The number of carbonyl (C=O) groups is 2. The molecule has 0 fully saturated rings. The third-order valence-corrected chi connectivity index (χ3v) is 3.85. The Balaban J connectivity index is 2.33. The van der Waals surface area contributed by atoms with Crippen LogP contribution < -0.4 is 5.32 Å². The fourth-order valence-electron chi connectivity index (χ4n) is 1.57. The molecule has 2 rings (SSSR count). The number of aromatic carboxylic acids is 1. The van der Waals surface area contributed by atoms with Crippen LogP contribution in [0.3, 0.4) is 0 Å². The third-order valence-electron chi connectivity index (χ3n) is 2.51. The number of carboxylic acids is 1. The third kappa shape index (κ3) is 2.81. The van der Waals surface area contributed by atoms with Gasteiger partial charge in [0.25, 0.3) is 5.91 Å². The van der Waals surface area contributed by atoms with E-state index in [9.17, 15) is 14.7 Å². The molecular formula is C12H9BrN2O4S. The molecule has 0 aliphatic rings. The number of carbonyl (C=O) groups excluding carboxylic acids is 1. The molecule has 3 N–H and O–H groups in total. The van der Waals surface area contributed by atoms with E-state index >= 15 is 0 Å². The molecule has 0 saturated heterocycles. The number of phenolic OH excluding ortho intramolecular Hbond substituents is 1. The molecule has 0 aliphatic carbocycles. The summed E-state index contributed by atoms with van der Waals surface area (Å²) in [7, 11) is 0. The lowest BCUT2D eigenvalue weighted by molar-refractivity contribution is 0.0697. The summed E-state index contributed by atoms with van der Waals surface area (Å²) in [4.78, 5) is 23.2. The van der Waals surface area contributed by atoms with Crippen molar-refractivity contribution in [3.8, 4) is 5.75 Å². The van der Waals surface area contributed by atoms with Crippen molar-refractivity contribution in [2.45, 2.75) is 6.92 Å². The minimum Gasteiger partial charge on any atom is -0.507 e. The van der Waals surface area contributed by atoms with Gasteiger partial charge in [0.2, 0.25) is 0 Å². The van der Waals surface area contributed by atoms with Gasteiger partial charge in [-0.25, -0.2) is 4.79 Å². The zero-order chi connectivity index (χ0) is 14.9. The highest BCUT2D eigenvalue weighted by molar-refractivity contribution is 9.10. The van der Waals surface area contributed by atoms with Crippen LogP contribution in [-0.2, 0) is 0 Å². The largest absolute Gasteiger partial charge is 0.507 e. The molecular weight excluding hydrogens is 348 g/mol. The summed E-state index contributed by atoms with van der Waals surface area (Å²) < 4.78 is 4.52. The lowest BCUT2D eigenvalue weighted by atomic mass is 10.2. The molecule has 1 heterocycles. The molecule has 8 heteroatoms. The topological polar surface area (TPSA) is 99.5 Å². The summed E-state index contributed by atoms with van der Waals surface area (Å²) in [6.45, 7) is 1.55. The van der Waals surface area contributed by atoms with Gasteiger partial charge in [0.1, 0.15) is 16.3 Å². The smallest absolute Gasteiger partial charge is 0.340 e. The van der Waals surface area contributed by atoms with Crippen LogP contribution in [0.1, 0.15) is 26.4 Å². The highest BCUT2D eigenvalue weighted by atomic mass is 79.9. The zero-order valence-electron chi connectivity index (χ0n) is 10.2. The number of aromatic hydroxyl groups is 1. The first-order chi connectivity index (χ1) is 9.40. The second kappa shape index (κ2) is 5.59. The second-order valence-electron chi connectivity index (χ2n) is 3.89. The molecule has 0 unspecified atom stereocenters. The van der Waals surface area contributed by atoms with Gasteiger partial charge in [-0.05, 0) is 36.7 Å². The number of rotatable bonds is 3. The van der Waals surface area contributed by atoms with E-state index in [0.29, 0.717) is 10.2 Å². The van der Waals surface area contributed by atoms with E-state index in [1.165, 1.54) is 12.1 Å². The van der Waals surface area contributed by atoms with Crippen molar-refractivity contribution < 1.29 is 19.8 Å². The summed E-state index contributed by atoms with van der Waals surface area (Å²) in [5, 5.41) is 21.3. The number of aryl methyl sites for hydroxylation is 1. The highest BCUT2D eigenvalue weighted by Gasteiger charge is 2.21. The van der Waals surface area contributed by atoms with E-state index in [-0.39, 0.29) is 21.9 Å². The number of amides is 1. The number of halogens is 1. The maximum absolute atomic E-state index is 12.1. The number of aromatic nitrogens is 1. The fourth-order valence-corrected chi connectivity index (χ4v) is 2.71. The monoisotopic (exact) mass is 356 g/mol. The highest BCUT2D eigenvalue weighted by Crippen LogP contribution is 2.27. The van der Waals surface area contributed by atoms with Crippen molar-refractivity contribution in [3.05, 3.63) is 39.5 Å². The molecule has 20 heavy (non-hydrogen) atoms. The Morgan fingerprint density at radius 3 is 2.75 bits per heavy atom. The zero-order valence-corrected chi connectivity index (χ0v) is 12.6. The van der Waals surface area contributed by atoms with Gasteiger partial charge in [0, 0.05) is 4.47 Å². The van der Waals surface area contributed by atoms with Gasteiger partial charge in [-0.2, -0.15) is 4.37 Å². The van der Waals surface area contributed by atoms with Crippen molar-refractivity contribution in [1.29, 1.82) is 0 Å². The van der Waals surface area contributed by atoms with Gasteiger partial charge >= 0.3 is 5.97 Å². The number of phenols is 1. The standard InChI is InChI=1S/C12H9BrN2O4S/c1-5-9(12(18)19)11(20-15-5)14-10(17)7-4-6(13)2-3-8(7)16/h2-4,16H,1H3,(H,14,17)(H,18,19). The average molecular weight is 357 g/mol. The maximum Gasteiger partial charge on any atom is 0.340 e. The summed E-state index contributed by atoms with van der Waals surface area (Å²) >= 11 is 4.08. The molecule has 0 atom stereocenters. The molecule has 0 aliphatic heterocycles. The number of nitrogens with one attached hydrogen (secondary N) is 1. The van der Waals surface area contributed by atoms with Crippen LogP contribution in [0.5, 0.6) is 5.75 Å². The molecule has 6 nitrogen and oxygen atoms in total. The van der Waals surface area contributed by atoms with Crippen LogP contribution in [0.15, 0.2) is 22.7 Å². The molecule has 0 spiro atoms. The Kier molecular flexibility index (Phi) is 4.05. The SMILES string of the molecule is Cc1nsc(NC(=O)c2cc(Br)ccc2O)c1C(=O)O. The summed E-state index contributed by atoms with van der Waals surface area (Å²) in [6, 6.07) is 4.40. The normalized spacial score (nSPS) is 10.3. The summed E-state index contributed by atoms with van der Waals surface area (Å²) in [5.41, 5.74) is 0.330. The Morgan fingerprint density at radius 2 is 2.10 bits per heavy atom. The van der Waals surface area contributed by atoms with Crippen molar-refractivity contribution in [2.24, 2.45) is 0 Å². The molecule has 0 saturated carbocycles. The molecule has 2 aromatic rings. The molecule has 1 aromatic heterocycles. The van der Waals surface area contributed by atoms with E-state index < -0.39 is 11.9 Å². The van der Waals surface area contributed by atoms with Crippen LogP contribution in [0.25, 0.3) is 0 Å². The molecule has 1 aromatic carbocycles. The van der Waals surface area contributed by atoms with Crippen LogP contribution in [0.2, 0.25) is 0 Å². The maximum atomic E-state index is 12.1. The number of nitrogens with zero attached hydrogens (tertiary/aromatic N) is 1. The van der Waals surface area contributed by atoms with Crippen molar-refractivity contribution in [1.82, 2.24) is 4.37 Å². The van der Waals surface area contributed by atoms with Crippen LogP contribution in [0.4, 0.5) is 5.00 Å². The average Bonchev–Trinajstić information content (AvgIpc) is 2.73. The lowest BCUT2D eigenvalue weighted by Gasteiger charge is -2.06. The van der Waals surface area contributed by atoms with E-state index in [1.54, 1.807) is 13.0 Å². The Hall–Kier alpha value is -1.93. The lowest BCUT2D eigenvalue weighted by Crippen LogP contribution is -2.13. The van der Waals surface area contributed by atoms with Crippen LogP contribution in [0, 0.1) is 6.92 Å². The van der Waals surface area contributed by atoms with Gasteiger partial charge in [-0.1, -0.05) is 15.9 Å². The second-order valence-corrected chi connectivity index (χ2v) is 5.58. The summed E-state index contributed by atoms with van der Waals surface area (Å²) in [5.74, 6) is -1.95. The number of benzene rings is 1. The minimum atomic E-state index is -1.16. The van der Waals surface area contributed by atoms with Gasteiger partial charge in [0.05, 0.1) is 11.3 Å². The predicted octanol–water partition coefficient (Wildman–Crippen LogP) is 2.87. The summed E-state index contributed by atoms with van der Waals surface area (Å²) in [6.07, 6.45) is 0. The van der Waals surface area contributed by atoms with Crippen LogP contribution in [-0.4, -0.2) is 26.5 Å². The number of hydrogen-bond donors (Lipinski definition) is 3. The van der Waals surface area contributed by atoms with E-state index in [2.05, 4.69) is 25.6 Å². The van der Waals surface area contributed by atoms with Gasteiger partial charge < -0.3 is 15.5 Å². The van der Waals surface area contributed by atoms with E-state index in [1.807, 2.05) is 0 Å². The Labute approximate surface area is 126 Å². The first kappa shape index (κ1) is 14.5. The van der Waals surface area contributed by atoms with E-state index in [4.69, 9.17) is 5.11 Å². The van der Waals surface area contributed by atoms with Crippen molar-refractivity contribution in [3.63, 3.8) is 0 Å². The van der Waals surface area contributed by atoms with Gasteiger partial charge in [-0.15, -0.1) is 0 Å². The van der Waals surface area contributed by atoms with Gasteiger partial charge in [0.15, 0.2) is 0 Å². The quantitative estimate of drug-likeness (QED) is 0.785. The van der Waals surface area contributed by atoms with Crippen molar-refractivity contribution >= 4 is 44.3 Å². The van der Waals surface area contributed by atoms with E-state index in [0.717, 1.165) is 11.5 Å². The first-order valence-corrected chi connectivity index (χ1v) is 6.96. The van der Waals surface area contributed by atoms with Gasteiger partial charge in [-0.3, -0.25) is 4.79 Å². The Morgan fingerprint density at radius 1 is 1.40 bits per heavy atom. The molecule has 104 valence electrons.